The Labute approximate surface area is 122 Å². The van der Waals surface area contributed by atoms with Gasteiger partial charge in [0.15, 0.2) is 11.6 Å². The van der Waals surface area contributed by atoms with Gasteiger partial charge in [0.05, 0.1) is 13.2 Å². The number of halogens is 2. The van der Waals surface area contributed by atoms with Crippen LogP contribution >= 0.6 is 0 Å². The van der Waals surface area contributed by atoms with Crippen molar-refractivity contribution in [1.82, 2.24) is 0 Å². The molecule has 2 rings (SSSR count). The summed E-state index contributed by atoms with van der Waals surface area (Å²) in [7, 11) is 1.56. The molecule has 2 N–H and O–H groups in total. The van der Waals surface area contributed by atoms with E-state index in [1.54, 1.807) is 7.11 Å². The first-order valence-corrected chi connectivity index (χ1v) is 6.49. The fourth-order valence-corrected chi connectivity index (χ4v) is 2.01. The molecule has 21 heavy (non-hydrogen) atoms. The Morgan fingerprint density at radius 2 is 1.81 bits per heavy atom. The molecule has 0 aliphatic heterocycles. The molecule has 0 aromatic heterocycles. The summed E-state index contributed by atoms with van der Waals surface area (Å²) in [5.74, 6) is -0.780. The predicted molar refractivity (Wildman–Crippen MR) is 76.5 cm³/mol. The van der Waals surface area contributed by atoms with Gasteiger partial charge in [0.2, 0.25) is 0 Å². The van der Waals surface area contributed by atoms with Gasteiger partial charge in [-0.15, -0.1) is 0 Å². The second kappa shape index (κ2) is 6.54. The molecule has 0 saturated carbocycles. The van der Waals surface area contributed by atoms with E-state index in [-0.39, 0.29) is 12.4 Å². The maximum absolute atomic E-state index is 13.5. The highest BCUT2D eigenvalue weighted by Gasteiger charge is 2.14. The maximum atomic E-state index is 13.5. The van der Waals surface area contributed by atoms with E-state index in [1.165, 1.54) is 6.07 Å². The maximum Gasteiger partial charge on any atom is 0.167 e. The summed E-state index contributed by atoms with van der Waals surface area (Å²) >= 11 is 0. The van der Waals surface area contributed by atoms with Crippen molar-refractivity contribution < 1.29 is 18.3 Å². The molecule has 2 aromatic rings. The number of rotatable bonds is 5. The smallest absolute Gasteiger partial charge is 0.167 e. The molecule has 5 heteroatoms. The van der Waals surface area contributed by atoms with Gasteiger partial charge in [0.25, 0.3) is 0 Å². The van der Waals surface area contributed by atoms with Gasteiger partial charge in [0.1, 0.15) is 18.2 Å². The van der Waals surface area contributed by atoms with Gasteiger partial charge in [-0.2, -0.15) is 0 Å². The second-order valence-corrected chi connectivity index (χ2v) is 4.74. The van der Waals surface area contributed by atoms with Crippen molar-refractivity contribution in [3.63, 3.8) is 0 Å². The van der Waals surface area contributed by atoms with Crippen LogP contribution in [0, 0.1) is 18.6 Å². The molecule has 2 aromatic carbocycles. The van der Waals surface area contributed by atoms with Crippen molar-refractivity contribution in [2.45, 2.75) is 13.0 Å². The van der Waals surface area contributed by atoms with Crippen LogP contribution in [0.5, 0.6) is 11.5 Å². The number of aryl methyl sites for hydroxylation is 1. The summed E-state index contributed by atoms with van der Waals surface area (Å²) in [6, 6.07) is 8.30. The van der Waals surface area contributed by atoms with Crippen LogP contribution in [-0.2, 0) is 0 Å². The monoisotopic (exact) mass is 293 g/mol. The van der Waals surface area contributed by atoms with Crippen molar-refractivity contribution in [3.05, 3.63) is 59.2 Å². The summed E-state index contributed by atoms with van der Waals surface area (Å²) in [4.78, 5) is 0. The van der Waals surface area contributed by atoms with E-state index in [9.17, 15) is 8.78 Å². The Morgan fingerprint density at radius 1 is 1.10 bits per heavy atom. The van der Waals surface area contributed by atoms with E-state index >= 15 is 0 Å². The molecule has 1 unspecified atom stereocenters. The highest BCUT2D eigenvalue weighted by Crippen LogP contribution is 2.26. The summed E-state index contributed by atoms with van der Waals surface area (Å²) in [6.07, 6.45) is 0. The van der Waals surface area contributed by atoms with Crippen LogP contribution in [-0.4, -0.2) is 13.7 Å². The van der Waals surface area contributed by atoms with E-state index in [1.807, 2.05) is 25.1 Å². The SMILES string of the molecule is COc1ccc(C)cc1C(N)COc1ccc(F)cc1F. The van der Waals surface area contributed by atoms with Crippen molar-refractivity contribution in [2.75, 3.05) is 13.7 Å². The average Bonchev–Trinajstić information content (AvgIpc) is 2.46. The van der Waals surface area contributed by atoms with Crippen LogP contribution in [0.4, 0.5) is 8.78 Å². The van der Waals surface area contributed by atoms with Gasteiger partial charge >= 0.3 is 0 Å². The van der Waals surface area contributed by atoms with E-state index in [4.69, 9.17) is 15.2 Å². The minimum absolute atomic E-state index is 0.0292. The Balaban J connectivity index is 2.11. The summed E-state index contributed by atoms with van der Waals surface area (Å²) in [5, 5.41) is 0. The Kier molecular flexibility index (Phi) is 4.75. The number of hydrogen-bond acceptors (Lipinski definition) is 3. The topological polar surface area (TPSA) is 44.5 Å². The number of methoxy groups -OCH3 is 1. The van der Waals surface area contributed by atoms with Crippen LogP contribution in [0.1, 0.15) is 17.2 Å². The highest BCUT2D eigenvalue weighted by atomic mass is 19.1. The zero-order valence-corrected chi connectivity index (χ0v) is 11.9. The molecular weight excluding hydrogens is 276 g/mol. The first-order chi connectivity index (χ1) is 10.0. The first-order valence-electron chi connectivity index (χ1n) is 6.49. The lowest BCUT2D eigenvalue weighted by Gasteiger charge is -2.17. The van der Waals surface area contributed by atoms with Gasteiger partial charge in [-0.3, -0.25) is 0 Å². The standard InChI is InChI=1S/C16H17F2NO2/c1-10-3-5-15(20-2)12(7-10)14(19)9-21-16-6-4-11(17)8-13(16)18/h3-8,14H,9,19H2,1-2H3. The van der Waals surface area contributed by atoms with Crippen LogP contribution in [0.2, 0.25) is 0 Å². The molecule has 112 valence electrons. The highest BCUT2D eigenvalue weighted by molar-refractivity contribution is 5.39. The summed E-state index contributed by atoms with van der Waals surface area (Å²) in [6.45, 7) is 2.00. The van der Waals surface area contributed by atoms with Gasteiger partial charge in [0, 0.05) is 11.6 Å². The van der Waals surface area contributed by atoms with Crippen LogP contribution in [0.25, 0.3) is 0 Å². The van der Waals surface area contributed by atoms with Gasteiger partial charge in [-0.05, 0) is 25.1 Å². The molecule has 3 nitrogen and oxygen atoms in total. The molecular formula is C16H17F2NO2. The lowest BCUT2D eigenvalue weighted by atomic mass is 10.0. The van der Waals surface area contributed by atoms with Crippen LogP contribution in [0.3, 0.4) is 0 Å². The summed E-state index contributed by atoms with van der Waals surface area (Å²) < 4.78 is 36.9. The fraction of sp³-hybridized carbons (Fsp3) is 0.250. The fourth-order valence-electron chi connectivity index (χ4n) is 2.01. The molecule has 0 bridgehead atoms. The molecule has 0 heterocycles. The van der Waals surface area contributed by atoms with Gasteiger partial charge in [-0.25, -0.2) is 8.78 Å². The largest absolute Gasteiger partial charge is 0.496 e. The third-order valence-electron chi connectivity index (χ3n) is 3.10. The number of nitrogens with two attached hydrogens (primary N) is 1. The minimum Gasteiger partial charge on any atom is -0.496 e. The molecule has 0 fully saturated rings. The summed E-state index contributed by atoms with van der Waals surface area (Å²) in [5.41, 5.74) is 7.88. The third-order valence-corrected chi connectivity index (χ3v) is 3.10. The zero-order chi connectivity index (χ0) is 15.4. The van der Waals surface area contributed by atoms with Crippen molar-refractivity contribution in [1.29, 1.82) is 0 Å². The van der Waals surface area contributed by atoms with Gasteiger partial charge < -0.3 is 15.2 Å². The van der Waals surface area contributed by atoms with E-state index in [2.05, 4.69) is 0 Å². The minimum atomic E-state index is -0.751. The van der Waals surface area contributed by atoms with Gasteiger partial charge in [-0.1, -0.05) is 17.7 Å². The van der Waals surface area contributed by atoms with Crippen molar-refractivity contribution in [2.24, 2.45) is 5.73 Å². The molecule has 0 spiro atoms. The lowest BCUT2D eigenvalue weighted by Crippen LogP contribution is -2.20. The second-order valence-electron chi connectivity index (χ2n) is 4.74. The van der Waals surface area contributed by atoms with E-state index < -0.39 is 17.7 Å². The van der Waals surface area contributed by atoms with Crippen molar-refractivity contribution >= 4 is 0 Å². The number of ether oxygens (including phenoxy) is 2. The quantitative estimate of drug-likeness (QED) is 0.919. The molecule has 0 aliphatic carbocycles. The zero-order valence-electron chi connectivity index (χ0n) is 11.9. The first kappa shape index (κ1) is 15.3. The van der Waals surface area contributed by atoms with Crippen molar-refractivity contribution in [3.8, 4) is 11.5 Å². The Morgan fingerprint density at radius 3 is 2.48 bits per heavy atom. The Bertz CT molecular complexity index is 632. The lowest BCUT2D eigenvalue weighted by molar-refractivity contribution is 0.273. The third kappa shape index (κ3) is 3.70. The van der Waals surface area contributed by atoms with Crippen LogP contribution < -0.4 is 15.2 Å². The van der Waals surface area contributed by atoms with E-state index in [0.717, 1.165) is 23.3 Å². The average molecular weight is 293 g/mol. The molecule has 0 saturated heterocycles. The molecule has 0 aliphatic rings. The molecule has 0 radical (unpaired) electrons. The predicted octanol–water partition coefficient (Wildman–Crippen LogP) is 3.36. The Hall–Kier alpha value is -2.14. The molecule has 1 atom stereocenters. The van der Waals surface area contributed by atoms with Crippen LogP contribution in [0.15, 0.2) is 36.4 Å². The van der Waals surface area contributed by atoms with E-state index in [0.29, 0.717) is 5.75 Å². The normalized spacial score (nSPS) is 12.0. The molecule has 0 amide bonds. The number of hydrogen-bond donors (Lipinski definition) is 1. The number of benzene rings is 2.